The van der Waals surface area contributed by atoms with E-state index in [-0.39, 0.29) is 24.2 Å². The number of carboxylic acids is 1. The molecule has 1 amide bonds. The summed E-state index contributed by atoms with van der Waals surface area (Å²) in [5.41, 5.74) is 0.0464. The third-order valence-electron chi connectivity index (χ3n) is 3.11. The number of carboxylic acid groups (broad SMARTS) is 1. The molecule has 1 aromatic carbocycles. The van der Waals surface area contributed by atoms with Gasteiger partial charge in [-0.05, 0) is 18.6 Å². The summed E-state index contributed by atoms with van der Waals surface area (Å²) in [7, 11) is 0. The lowest BCUT2D eigenvalue weighted by molar-refractivity contribution is -0.308. The summed E-state index contributed by atoms with van der Waals surface area (Å²) in [4.78, 5) is 35.3. The van der Waals surface area contributed by atoms with E-state index in [1.165, 1.54) is 12.1 Å². The Kier molecular flexibility index (Phi) is 7.34. The molecule has 6 nitrogen and oxygen atoms in total. The minimum absolute atomic E-state index is 0.0211. The zero-order valence-electron chi connectivity index (χ0n) is 12.8. The van der Waals surface area contributed by atoms with Crippen LogP contribution in [-0.2, 0) is 9.53 Å². The molecular weight excluding hydrogens is 298 g/mol. The van der Waals surface area contributed by atoms with E-state index in [2.05, 4.69) is 11.2 Å². The van der Waals surface area contributed by atoms with Crippen LogP contribution in [0.3, 0.4) is 0 Å². The maximum Gasteiger partial charge on any atom is 0.339 e. The molecule has 1 N–H and O–H groups in total. The lowest BCUT2D eigenvalue weighted by Crippen LogP contribution is -2.48. The number of esters is 1. The second-order valence-electron chi connectivity index (χ2n) is 4.81. The summed E-state index contributed by atoms with van der Waals surface area (Å²) < 4.78 is 4.80. The number of rotatable bonds is 8. The van der Waals surface area contributed by atoms with Crippen LogP contribution in [0.25, 0.3) is 0 Å². The standard InChI is InChI=1S/C17H19NO5/c1-3-5-10-14(16(20)21)18-15(19)12-8-6-7-9-13(12)17(22)23-11-4-2/h2,6-9,14H,3,5,10-11H2,1H3,(H,18,19)(H,20,21)/p-1/t14-/m1/s1. The van der Waals surface area contributed by atoms with Crippen LogP contribution >= 0.6 is 0 Å². The first-order valence-corrected chi connectivity index (χ1v) is 7.22. The molecule has 0 unspecified atom stereocenters. The second-order valence-corrected chi connectivity index (χ2v) is 4.81. The molecule has 0 fully saturated rings. The summed E-state index contributed by atoms with van der Waals surface area (Å²) in [5.74, 6) is -0.625. The van der Waals surface area contributed by atoms with Gasteiger partial charge in [0.05, 0.1) is 23.1 Å². The van der Waals surface area contributed by atoms with Gasteiger partial charge in [-0.1, -0.05) is 37.8 Å². The number of benzene rings is 1. The van der Waals surface area contributed by atoms with Gasteiger partial charge in [0.2, 0.25) is 0 Å². The predicted molar refractivity (Wildman–Crippen MR) is 81.3 cm³/mol. The zero-order valence-corrected chi connectivity index (χ0v) is 12.8. The molecule has 0 aromatic heterocycles. The predicted octanol–water partition coefficient (Wildman–Crippen LogP) is 0.515. The number of carbonyl (C=O) groups excluding carboxylic acids is 3. The first-order chi connectivity index (χ1) is 11.0. The monoisotopic (exact) mass is 316 g/mol. The highest BCUT2D eigenvalue weighted by Gasteiger charge is 2.20. The summed E-state index contributed by atoms with van der Waals surface area (Å²) in [5, 5.41) is 13.5. The van der Waals surface area contributed by atoms with Crippen molar-refractivity contribution >= 4 is 17.8 Å². The first-order valence-electron chi connectivity index (χ1n) is 7.22. The Bertz CT molecular complexity index is 618. The van der Waals surface area contributed by atoms with Gasteiger partial charge in [0, 0.05) is 0 Å². The van der Waals surface area contributed by atoms with Crippen LogP contribution in [0.15, 0.2) is 24.3 Å². The quantitative estimate of drug-likeness (QED) is 0.557. The van der Waals surface area contributed by atoms with Crippen LogP contribution in [0.5, 0.6) is 0 Å². The number of ether oxygens (including phenoxy) is 1. The minimum atomic E-state index is -1.36. The molecule has 1 aromatic rings. The lowest BCUT2D eigenvalue weighted by Gasteiger charge is -2.20. The lowest BCUT2D eigenvalue weighted by atomic mass is 10.1. The fraction of sp³-hybridized carbons (Fsp3) is 0.353. The van der Waals surface area contributed by atoms with Crippen molar-refractivity contribution in [1.82, 2.24) is 5.32 Å². The minimum Gasteiger partial charge on any atom is -0.548 e. The average molecular weight is 316 g/mol. The highest BCUT2D eigenvalue weighted by molar-refractivity contribution is 6.06. The third kappa shape index (κ3) is 5.47. The van der Waals surface area contributed by atoms with Crippen molar-refractivity contribution in [2.45, 2.75) is 32.2 Å². The molecule has 0 bridgehead atoms. The highest BCUT2D eigenvalue weighted by atomic mass is 16.5. The van der Waals surface area contributed by atoms with Crippen LogP contribution in [0.4, 0.5) is 0 Å². The van der Waals surface area contributed by atoms with Crippen LogP contribution in [0.1, 0.15) is 46.9 Å². The van der Waals surface area contributed by atoms with E-state index >= 15 is 0 Å². The maximum absolute atomic E-state index is 12.3. The van der Waals surface area contributed by atoms with E-state index in [0.29, 0.717) is 6.42 Å². The molecule has 0 saturated heterocycles. The Morgan fingerprint density at radius 1 is 1.30 bits per heavy atom. The van der Waals surface area contributed by atoms with E-state index in [4.69, 9.17) is 11.2 Å². The van der Waals surface area contributed by atoms with Crippen LogP contribution in [0.2, 0.25) is 0 Å². The van der Waals surface area contributed by atoms with Crippen molar-refractivity contribution < 1.29 is 24.2 Å². The van der Waals surface area contributed by atoms with Crippen LogP contribution in [0, 0.1) is 12.3 Å². The summed E-state index contributed by atoms with van der Waals surface area (Å²) in [6.07, 6.45) is 6.69. The Hall–Kier alpha value is -2.81. The van der Waals surface area contributed by atoms with E-state index in [1.807, 2.05) is 6.92 Å². The van der Waals surface area contributed by atoms with Gasteiger partial charge in [0.15, 0.2) is 6.61 Å². The molecule has 0 heterocycles. The molecule has 1 rings (SSSR count). The molecule has 0 saturated carbocycles. The second kappa shape index (κ2) is 9.26. The summed E-state index contributed by atoms with van der Waals surface area (Å²) >= 11 is 0. The van der Waals surface area contributed by atoms with Crippen molar-refractivity contribution in [2.24, 2.45) is 0 Å². The van der Waals surface area contributed by atoms with Gasteiger partial charge in [-0.3, -0.25) is 4.79 Å². The fourth-order valence-electron chi connectivity index (χ4n) is 1.94. The SMILES string of the molecule is C#CCOC(=O)c1ccccc1C(=O)N[C@H](CCCC)C(=O)[O-]. The number of nitrogens with one attached hydrogen (secondary N) is 1. The van der Waals surface area contributed by atoms with E-state index < -0.39 is 23.9 Å². The zero-order chi connectivity index (χ0) is 17.2. The van der Waals surface area contributed by atoms with Gasteiger partial charge < -0.3 is 20.0 Å². The fourth-order valence-corrected chi connectivity index (χ4v) is 1.94. The topological polar surface area (TPSA) is 95.5 Å². The molecule has 1 atom stereocenters. The molecule has 23 heavy (non-hydrogen) atoms. The molecule has 0 radical (unpaired) electrons. The maximum atomic E-state index is 12.3. The van der Waals surface area contributed by atoms with Crippen LogP contribution < -0.4 is 10.4 Å². The van der Waals surface area contributed by atoms with Crippen molar-refractivity contribution in [3.63, 3.8) is 0 Å². The van der Waals surface area contributed by atoms with Crippen molar-refractivity contribution in [3.8, 4) is 12.3 Å². The molecule has 0 aliphatic rings. The largest absolute Gasteiger partial charge is 0.548 e. The third-order valence-corrected chi connectivity index (χ3v) is 3.11. The van der Waals surface area contributed by atoms with Gasteiger partial charge >= 0.3 is 5.97 Å². The first kappa shape index (κ1) is 18.2. The number of amides is 1. The molecular formula is C17H18NO5-. The van der Waals surface area contributed by atoms with Gasteiger partial charge in [0.1, 0.15) is 0 Å². The van der Waals surface area contributed by atoms with Crippen molar-refractivity contribution in [2.75, 3.05) is 6.61 Å². The number of hydrogen-bond donors (Lipinski definition) is 1. The Labute approximate surface area is 134 Å². The number of hydrogen-bond acceptors (Lipinski definition) is 5. The number of unbranched alkanes of at least 4 members (excludes halogenated alkanes) is 1. The smallest absolute Gasteiger partial charge is 0.339 e. The summed E-state index contributed by atoms with van der Waals surface area (Å²) in [6.45, 7) is 1.69. The van der Waals surface area contributed by atoms with Crippen molar-refractivity contribution in [3.05, 3.63) is 35.4 Å². The van der Waals surface area contributed by atoms with Gasteiger partial charge in [-0.2, -0.15) is 0 Å². The number of aliphatic carboxylic acids is 1. The van der Waals surface area contributed by atoms with Gasteiger partial charge in [-0.15, -0.1) is 6.42 Å². The molecule has 6 heteroatoms. The van der Waals surface area contributed by atoms with E-state index in [1.54, 1.807) is 12.1 Å². The average Bonchev–Trinajstić information content (AvgIpc) is 2.55. The van der Waals surface area contributed by atoms with E-state index in [9.17, 15) is 19.5 Å². The van der Waals surface area contributed by atoms with Gasteiger partial charge in [-0.25, -0.2) is 4.79 Å². The Morgan fingerprint density at radius 3 is 2.52 bits per heavy atom. The Morgan fingerprint density at radius 2 is 1.96 bits per heavy atom. The normalized spacial score (nSPS) is 11.1. The Balaban J connectivity index is 2.93. The van der Waals surface area contributed by atoms with Gasteiger partial charge in [0.25, 0.3) is 5.91 Å². The highest BCUT2D eigenvalue weighted by Crippen LogP contribution is 2.11. The van der Waals surface area contributed by atoms with E-state index in [0.717, 1.165) is 6.42 Å². The van der Waals surface area contributed by atoms with Crippen LogP contribution in [-0.4, -0.2) is 30.5 Å². The molecule has 122 valence electrons. The molecule has 0 aliphatic heterocycles. The summed E-state index contributed by atoms with van der Waals surface area (Å²) in [6, 6.07) is 4.84. The number of carbonyl (C=O) groups is 3. The number of terminal acetylenes is 1. The van der Waals surface area contributed by atoms with Crippen molar-refractivity contribution in [1.29, 1.82) is 0 Å². The molecule has 0 spiro atoms. The molecule has 0 aliphatic carbocycles.